The molecule has 0 aromatic carbocycles. The van der Waals surface area contributed by atoms with Gasteiger partial charge in [0.1, 0.15) is 0 Å². The van der Waals surface area contributed by atoms with Crippen molar-refractivity contribution in [3.63, 3.8) is 0 Å². The van der Waals surface area contributed by atoms with Gasteiger partial charge in [0.25, 0.3) is 0 Å². The Morgan fingerprint density at radius 2 is 2.26 bits per heavy atom. The van der Waals surface area contributed by atoms with Gasteiger partial charge in [-0.25, -0.2) is 14.2 Å². The van der Waals surface area contributed by atoms with Crippen LogP contribution in [0.3, 0.4) is 0 Å². The topological polar surface area (TPSA) is 50.5 Å². The highest BCUT2D eigenvalue weighted by atomic mass is 19.1. The minimum Gasteiger partial charge on any atom is -0.369 e. The van der Waals surface area contributed by atoms with E-state index in [1.807, 2.05) is 6.08 Å². The lowest BCUT2D eigenvalue weighted by Crippen LogP contribution is -2.23. The van der Waals surface area contributed by atoms with Crippen molar-refractivity contribution in [1.29, 1.82) is 0 Å². The molecule has 0 radical (unpaired) electrons. The molecule has 1 aliphatic rings. The molecule has 0 aliphatic heterocycles. The standard InChI is InChI=1S/C13H17FN4O/c1-17(2)9-15-12-11(14)8-18(13(19)16-12)10-6-4-3-5-7-10/h6,8-9H,3-5,7H2,1-2H3. The van der Waals surface area contributed by atoms with Crippen molar-refractivity contribution in [2.24, 2.45) is 4.99 Å². The number of allylic oxidation sites excluding steroid dienone is 2. The lowest BCUT2D eigenvalue weighted by atomic mass is 10.0. The average Bonchev–Trinajstić information content (AvgIpc) is 2.40. The van der Waals surface area contributed by atoms with E-state index in [0.29, 0.717) is 0 Å². The van der Waals surface area contributed by atoms with Gasteiger partial charge >= 0.3 is 5.69 Å². The van der Waals surface area contributed by atoms with Crippen LogP contribution in [0.1, 0.15) is 25.7 Å². The third-order valence-electron chi connectivity index (χ3n) is 2.85. The molecule has 1 aromatic rings. The maximum absolute atomic E-state index is 13.9. The molecule has 1 aromatic heterocycles. The molecule has 0 saturated heterocycles. The molecule has 0 fully saturated rings. The molecule has 0 spiro atoms. The van der Waals surface area contributed by atoms with Crippen molar-refractivity contribution >= 4 is 17.9 Å². The minimum atomic E-state index is -0.593. The summed E-state index contributed by atoms with van der Waals surface area (Å²) in [5.41, 5.74) is 0.339. The maximum atomic E-state index is 13.9. The van der Waals surface area contributed by atoms with E-state index in [9.17, 15) is 9.18 Å². The molecule has 1 aliphatic carbocycles. The maximum Gasteiger partial charge on any atom is 0.354 e. The Bertz CT molecular complexity index is 574. The van der Waals surface area contributed by atoms with Crippen LogP contribution in [-0.2, 0) is 0 Å². The summed E-state index contributed by atoms with van der Waals surface area (Å²) in [7, 11) is 3.52. The first-order valence-electron chi connectivity index (χ1n) is 6.27. The normalized spacial score (nSPS) is 15.6. The Kier molecular flexibility index (Phi) is 4.09. The summed E-state index contributed by atoms with van der Waals surface area (Å²) in [5.74, 6) is -0.768. The van der Waals surface area contributed by atoms with Crippen molar-refractivity contribution in [3.05, 3.63) is 28.6 Å². The van der Waals surface area contributed by atoms with E-state index in [1.54, 1.807) is 19.0 Å². The van der Waals surface area contributed by atoms with E-state index in [0.717, 1.165) is 31.4 Å². The van der Waals surface area contributed by atoms with E-state index < -0.39 is 11.5 Å². The number of rotatable bonds is 3. The second-order valence-corrected chi connectivity index (χ2v) is 4.71. The fourth-order valence-corrected chi connectivity index (χ4v) is 1.93. The molecule has 102 valence electrons. The highest BCUT2D eigenvalue weighted by Crippen LogP contribution is 2.21. The van der Waals surface area contributed by atoms with Crippen molar-refractivity contribution in [2.45, 2.75) is 25.7 Å². The third-order valence-corrected chi connectivity index (χ3v) is 2.85. The van der Waals surface area contributed by atoms with E-state index in [1.165, 1.54) is 17.1 Å². The first-order valence-corrected chi connectivity index (χ1v) is 6.27. The van der Waals surface area contributed by atoms with Crippen LogP contribution in [0, 0.1) is 5.82 Å². The van der Waals surface area contributed by atoms with Crippen molar-refractivity contribution in [3.8, 4) is 0 Å². The molecule has 5 nitrogen and oxygen atoms in total. The summed E-state index contributed by atoms with van der Waals surface area (Å²) in [6, 6.07) is 0. The van der Waals surface area contributed by atoms with Gasteiger partial charge in [-0.1, -0.05) is 6.08 Å². The predicted octanol–water partition coefficient (Wildman–Crippen LogP) is 2.02. The fraction of sp³-hybridized carbons (Fsp3) is 0.462. The summed E-state index contributed by atoms with van der Waals surface area (Å²) < 4.78 is 15.1. The zero-order chi connectivity index (χ0) is 13.8. The van der Waals surface area contributed by atoms with Gasteiger partial charge in [0.15, 0.2) is 11.6 Å². The SMILES string of the molecule is CN(C)C=Nc1nc(=O)n(C2=CCCCC2)cc1F. The molecule has 0 saturated carbocycles. The molecule has 6 heteroatoms. The minimum absolute atomic E-state index is 0.175. The Hall–Kier alpha value is -1.98. The smallest absolute Gasteiger partial charge is 0.354 e. The average molecular weight is 264 g/mol. The Morgan fingerprint density at radius 3 is 2.89 bits per heavy atom. The number of nitrogens with zero attached hydrogens (tertiary/aromatic N) is 4. The van der Waals surface area contributed by atoms with Crippen LogP contribution in [-0.4, -0.2) is 34.9 Å². The van der Waals surface area contributed by atoms with Gasteiger partial charge in [-0.15, -0.1) is 0 Å². The van der Waals surface area contributed by atoms with Gasteiger partial charge in [-0.05, 0) is 25.7 Å². The summed E-state index contributed by atoms with van der Waals surface area (Å²) in [6.45, 7) is 0. The van der Waals surface area contributed by atoms with Crippen LogP contribution >= 0.6 is 0 Å². The highest BCUT2D eigenvalue weighted by molar-refractivity contribution is 5.59. The molecule has 0 unspecified atom stereocenters. The summed E-state index contributed by atoms with van der Waals surface area (Å²) in [6.07, 6.45) is 8.38. The zero-order valence-corrected chi connectivity index (χ0v) is 11.1. The molecule has 2 rings (SSSR count). The molecule has 0 amide bonds. The van der Waals surface area contributed by atoms with Crippen molar-refractivity contribution in [1.82, 2.24) is 14.5 Å². The van der Waals surface area contributed by atoms with Crippen LogP contribution in [0.2, 0.25) is 0 Å². The Balaban J connectivity index is 2.36. The van der Waals surface area contributed by atoms with Gasteiger partial charge < -0.3 is 4.90 Å². The first kappa shape index (κ1) is 13.5. The molecular formula is C13H17FN4O. The summed E-state index contributed by atoms with van der Waals surface area (Å²) in [4.78, 5) is 21.1. The van der Waals surface area contributed by atoms with E-state index in [4.69, 9.17) is 0 Å². The monoisotopic (exact) mass is 264 g/mol. The van der Waals surface area contributed by atoms with Crippen LogP contribution in [0.15, 0.2) is 22.1 Å². The fourth-order valence-electron chi connectivity index (χ4n) is 1.93. The molecular weight excluding hydrogens is 247 g/mol. The van der Waals surface area contributed by atoms with Gasteiger partial charge in [-0.3, -0.25) is 4.57 Å². The van der Waals surface area contributed by atoms with Crippen LogP contribution in [0.5, 0.6) is 0 Å². The van der Waals surface area contributed by atoms with Gasteiger partial charge in [0.05, 0.1) is 12.5 Å². The number of aromatic nitrogens is 2. The molecule has 19 heavy (non-hydrogen) atoms. The number of halogens is 1. The van der Waals surface area contributed by atoms with Crippen LogP contribution < -0.4 is 5.69 Å². The van der Waals surface area contributed by atoms with Gasteiger partial charge in [0.2, 0.25) is 0 Å². The second kappa shape index (κ2) is 5.77. The molecule has 0 bridgehead atoms. The summed E-state index contributed by atoms with van der Waals surface area (Å²) >= 11 is 0. The number of hydrogen-bond acceptors (Lipinski definition) is 3. The lowest BCUT2D eigenvalue weighted by molar-refractivity contribution is 0.597. The number of hydrogen-bond donors (Lipinski definition) is 0. The quantitative estimate of drug-likeness (QED) is 0.620. The zero-order valence-electron chi connectivity index (χ0n) is 11.1. The lowest BCUT2D eigenvalue weighted by Gasteiger charge is -2.14. The highest BCUT2D eigenvalue weighted by Gasteiger charge is 2.12. The van der Waals surface area contributed by atoms with Crippen LogP contribution in [0.25, 0.3) is 5.70 Å². The van der Waals surface area contributed by atoms with Crippen LogP contribution in [0.4, 0.5) is 10.2 Å². The second-order valence-electron chi connectivity index (χ2n) is 4.71. The van der Waals surface area contributed by atoms with E-state index in [-0.39, 0.29) is 5.82 Å². The predicted molar refractivity (Wildman–Crippen MR) is 73.0 cm³/mol. The van der Waals surface area contributed by atoms with Gasteiger partial charge in [0, 0.05) is 19.8 Å². The first-order chi connectivity index (χ1) is 9.08. The van der Waals surface area contributed by atoms with Crippen molar-refractivity contribution < 1.29 is 4.39 Å². The Labute approximate surface area is 111 Å². The summed E-state index contributed by atoms with van der Waals surface area (Å²) in [5, 5.41) is 0. The molecule has 1 heterocycles. The molecule has 0 N–H and O–H groups in total. The van der Waals surface area contributed by atoms with Crippen molar-refractivity contribution in [2.75, 3.05) is 14.1 Å². The van der Waals surface area contributed by atoms with Gasteiger partial charge in [-0.2, -0.15) is 4.98 Å². The van der Waals surface area contributed by atoms with E-state index >= 15 is 0 Å². The third kappa shape index (κ3) is 3.27. The largest absolute Gasteiger partial charge is 0.369 e. The molecule has 0 atom stereocenters. The Morgan fingerprint density at radius 1 is 1.47 bits per heavy atom. The van der Waals surface area contributed by atoms with E-state index in [2.05, 4.69) is 9.98 Å². The number of aliphatic imine (C=N–C) groups is 1.